The molecule has 0 bridgehead atoms. The lowest BCUT2D eigenvalue weighted by molar-refractivity contribution is 0.0821. The van der Waals surface area contributed by atoms with Gasteiger partial charge in [0, 0.05) is 27.3 Å². The molecule has 2 heterocycles. The van der Waals surface area contributed by atoms with E-state index in [1.165, 1.54) is 4.90 Å². The third-order valence-corrected chi connectivity index (χ3v) is 2.66. The number of nitrogens with one attached hydrogen (secondary N) is 1. The zero-order valence-corrected chi connectivity index (χ0v) is 11.2. The molecule has 0 saturated carbocycles. The van der Waals surface area contributed by atoms with Crippen molar-refractivity contribution in [2.75, 3.05) is 19.4 Å². The van der Waals surface area contributed by atoms with Crippen molar-refractivity contribution in [3.8, 4) is 0 Å². The maximum Gasteiger partial charge on any atom is 0.273 e. The molecule has 0 saturated heterocycles. The van der Waals surface area contributed by atoms with Crippen LogP contribution in [0.5, 0.6) is 0 Å². The number of amides is 1. The zero-order valence-electron chi connectivity index (χ0n) is 11.2. The molecular formula is C12H16N6O. The van der Waals surface area contributed by atoms with Crippen LogP contribution in [-0.4, -0.2) is 44.9 Å². The lowest BCUT2D eigenvalue weighted by Crippen LogP contribution is -2.23. The number of rotatable bonds is 4. The number of aromatic nitrogens is 4. The van der Waals surface area contributed by atoms with Crippen molar-refractivity contribution in [1.82, 2.24) is 24.9 Å². The maximum absolute atomic E-state index is 11.6. The summed E-state index contributed by atoms with van der Waals surface area (Å²) in [5.41, 5.74) is 1.37. The first kappa shape index (κ1) is 13.0. The summed E-state index contributed by atoms with van der Waals surface area (Å²) < 4.78 is 1.78. The molecule has 0 aliphatic heterocycles. The van der Waals surface area contributed by atoms with Crippen LogP contribution in [0.4, 0.5) is 5.82 Å². The van der Waals surface area contributed by atoms with E-state index in [1.807, 2.05) is 13.1 Å². The van der Waals surface area contributed by atoms with Gasteiger partial charge in [-0.1, -0.05) is 0 Å². The van der Waals surface area contributed by atoms with Crippen molar-refractivity contribution in [1.29, 1.82) is 0 Å². The van der Waals surface area contributed by atoms with Crippen LogP contribution >= 0.6 is 0 Å². The van der Waals surface area contributed by atoms with E-state index in [1.54, 1.807) is 37.1 Å². The molecule has 0 atom stereocenters. The van der Waals surface area contributed by atoms with E-state index in [0.29, 0.717) is 18.1 Å². The van der Waals surface area contributed by atoms with Crippen molar-refractivity contribution in [3.05, 3.63) is 35.8 Å². The van der Waals surface area contributed by atoms with Crippen molar-refractivity contribution < 1.29 is 4.79 Å². The first-order valence-corrected chi connectivity index (χ1v) is 5.84. The average Bonchev–Trinajstić information content (AvgIpc) is 2.81. The Hall–Kier alpha value is -2.44. The third kappa shape index (κ3) is 3.06. The van der Waals surface area contributed by atoms with E-state index in [9.17, 15) is 4.79 Å². The Bertz CT molecular complexity index is 560. The molecule has 0 aliphatic rings. The summed E-state index contributed by atoms with van der Waals surface area (Å²) in [7, 11) is 5.23. The Morgan fingerprint density at radius 3 is 2.63 bits per heavy atom. The van der Waals surface area contributed by atoms with Gasteiger partial charge in [0.15, 0.2) is 5.69 Å². The summed E-state index contributed by atoms with van der Waals surface area (Å²) in [6.45, 7) is 0.603. The van der Waals surface area contributed by atoms with Gasteiger partial charge in [0.05, 0.1) is 12.2 Å². The van der Waals surface area contributed by atoms with Gasteiger partial charge in [-0.3, -0.25) is 9.48 Å². The monoisotopic (exact) mass is 260 g/mol. The Morgan fingerprint density at radius 1 is 1.32 bits per heavy atom. The third-order valence-electron chi connectivity index (χ3n) is 2.66. The van der Waals surface area contributed by atoms with Crippen LogP contribution in [-0.2, 0) is 13.6 Å². The lowest BCUT2D eigenvalue weighted by Gasteiger charge is -2.09. The van der Waals surface area contributed by atoms with Crippen molar-refractivity contribution in [2.45, 2.75) is 6.54 Å². The molecular weight excluding hydrogens is 244 g/mol. The van der Waals surface area contributed by atoms with Crippen molar-refractivity contribution in [3.63, 3.8) is 0 Å². The van der Waals surface area contributed by atoms with Gasteiger partial charge in [-0.2, -0.15) is 5.10 Å². The molecule has 0 spiro atoms. The second-order valence-corrected chi connectivity index (χ2v) is 4.30. The largest absolute Gasteiger partial charge is 0.363 e. The van der Waals surface area contributed by atoms with E-state index in [4.69, 9.17) is 0 Å². The SMILES string of the molecule is CN(C)C(=O)c1ccc(NCc2ccnn2C)nn1. The minimum Gasteiger partial charge on any atom is -0.363 e. The minimum atomic E-state index is -0.161. The Morgan fingerprint density at radius 2 is 2.11 bits per heavy atom. The molecule has 2 rings (SSSR count). The predicted octanol–water partition coefficient (Wildman–Crippen LogP) is 0.524. The van der Waals surface area contributed by atoms with Gasteiger partial charge in [0.25, 0.3) is 5.91 Å². The van der Waals surface area contributed by atoms with E-state index in [-0.39, 0.29) is 5.91 Å². The number of hydrogen-bond acceptors (Lipinski definition) is 5. The highest BCUT2D eigenvalue weighted by Gasteiger charge is 2.10. The van der Waals surface area contributed by atoms with Crippen LogP contribution in [0.15, 0.2) is 24.4 Å². The summed E-state index contributed by atoms with van der Waals surface area (Å²) in [4.78, 5) is 13.1. The highest BCUT2D eigenvalue weighted by Crippen LogP contribution is 2.06. The van der Waals surface area contributed by atoms with E-state index < -0.39 is 0 Å². The number of aryl methyl sites for hydroxylation is 1. The smallest absolute Gasteiger partial charge is 0.273 e. The number of nitrogens with zero attached hydrogens (tertiary/aromatic N) is 5. The molecule has 0 aliphatic carbocycles. The van der Waals surface area contributed by atoms with Gasteiger partial charge in [-0.05, 0) is 18.2 Å². The second-order valence-electron chi connectivity index (χ2n) is 4.30. The summed E-state index contributed by atoms with van der Waals surface area (Å²) >= 11 is 0. The molecule has 0 aromatic carbocycles. The quantitative estimate of drug-likeness (QED) is 0.867. The highest BCUT2D eigenvalue weighted by atomic mass is 16.2. The van der Waals surface area contributed by atoms with Crippen LogP contribution in [0.1, 0.15) is 16.2 Å². The molecule has 7 heteroatoms. The molecule has 2 aromatic heterocycles. The summed E-state index contributed by atoms with van der Waals surface area (Å²) in [5, 5.41) is 15.1. The normalized spacial score (nSPS) is 10.3. The molecule has 0 fully saturated rings. The molecule has 7 nitrogen and oxygen atoms in total. The minimum absolute atomic E-state index is 0.161. The summed E-state index contributed by atoms with van der Waals surface area (Å²) in [6, 6.07) is 5.31. The van der Waals surface area contributed by atoms with Crippen molar-refractivity contribution >= 4 is 11.7 Å². The fraction of sp³-hybridized carbons (Fsp3) is 0.333. The van der Waals surface area contributed by atoms with E-state index in [2.05, 4.69) is 20.6 Å². The number of anilines is 1. The van der Waals surface area contributed by atoms with Gasteiger partial charge in [-0.25, -0.2) is 0 Å². The average molecular weight is 260 g/mol. The van der Waals surface area contributed by atoms with Crippen LogP contribution in [0.25, 0.3) is 0 Å². The molecule has 2 aromatic rings. The second kappa shape index (κ2) is 5.47. The molecule has 1 amide bonds. The maximum atomic E-state index is 11.6. The van der Waals surface area contributed by atoms with Gasteiger partial charge in [0.2, 0.25) is 0 Å². The molecule has 0 unspecified atom stereocenters. The molecule has 1 N–H and O–H groups in total. The van der Waals surface area contributed by atoms with Gasteiger partial charge in [0.1, 0.15) is 5.82 Å². The van der Waals surface area contributed by atoms with E-state index in [0.717, 1.165) is 5.69 Å². The number of hydrogen-bond donors (Lipinski definition) is 1. The van der Waals surface area contributed by atoms with Crippen molar-refractivity contribution in [2.24, 2.45) is 7.05 Å². The standard InChI is InChI=1S/C12H16N6O/c1-17(2)12(19)10-4-5-11(16-15-10)13-8-9-6-7-14-18(9)3/h4-7H,8H2,1-3H3,(H,13,16). The predicted molar refractivity (Wildman–Crippen MR) is 70.6 cm³/mol. The van der Waals surface area contributed by atoms with Crippen LogP contribution < -0.4 is 5.32 Å². The van der Waals surface area contributed by atoms with Crippen LogP contribution in [0, 0.1) is 0 Å². The van der Waals surface area contributed by atoms with Gasteiger partial charge >= 0.3 is 0 Å². The van der Waals surface area contributed by atoms with Gasteiger partial charge in [-0.15, -0.1) is 10.2 Å². The summed E-state index contributed by atoms with van der Waals surface area (Å²) in [6.07, 6.45) is 1.74. The fourth-order valence-corrected chi connectivity index (χ4v) is 1.53. The number of carbonyl (C=O) groups excluding carboxylic acids is 1. The molecule has 0 radical (unpaired) electrons. The Labute approximate surface area is 111 Å². The zero-order chi connectivity index (χ0) is 13.8. The first-order chi connectivity index (χ1) is 9.08. The number of carbonyl (C=O) groups is 1. The van der Waals surface area contributed by atoms with Gasteiger partial charge < -0.3 is 10.2 Å². The summed E-state index contributed by atoms with van der Waals surface area (Å²) in [5.74, 6) is 0.460. The van der Waals surface area contributed by atoms with Crippen LogP contribution in [0.3, 0.4) is 0 Å². The Kier molecular flexibility index (Phi) is 3.74. The topological polar surface area (TPSA) is 75.9 Å². The lowest BCUT2D eigenvalue weighted by atomic mass is 10.3. The Balaban J connectivity index is 1.99. The molecule has 19 heavy (non-hydrogen) atoms. The highest BCUT2D eigenvalue weighted by molar-refractivity contribution is 5.91. The molecule has 100 valence electrons. The fourth-order valence-electron chi connectivity index (χ4n) is 1.53. The van der Waals surface area contributed by atoms with E-state index >= 15 is 0 Å². The van der Waals surface area contributed by atoms with Crippen LogP contribution in [0.2, 0.25) is 0 Å². The first-order valence-electron chi connectivity index (χ1n) is 5.84.